The Labute approximate surface area is 103 Å². The molecular weight excluding hydrogens is 213 g/mol. The Morgan fingerprint density at radius 3 is 2.76 bits per heavy atom. The number of hydrogen-bond acceptors (Lipinski definition) is 1. The van der Waals surface area contributed by atoms with Crippen LogP contribution in [0.4, 0.5) is 4.39 Å². The molecule has 2 unspecified atom stereocenters. The van der Waals surface area contributed by atoms with Gasteiger partial charge in [-0.15, -0.1) is 0 Å². The Balaban J connectivity index is 1.95. The lowest BCUT2D eigenvalue weighted by atomic mass is 9.89. The Kier molecular flexibility index (Phi) is 4.55. The van der Waals surface area contributed by atoms with Crippen molar-refractivity contribution < 1.29 is 4.39 Å². The number of hydrogen-bond donors (Lipinski definition) is 1. The summed E-state index contributed by atoms with van der Waals surface area (Å²) >= 11 is 0. The largest absolute Gasteiger partial charge is 0.317 e. The molecule has 0 heterocycles. The van der Waals surface area contributed by atoms with Crippen molar-refractivity contribution in [2.75, 3.05) is 13.1 Å². The molecule has 2 atom stereocenters. The van der Waals surface area contributed by atoms with Crippen LogP contribution in [0.3, 0.4) is 0 Å². The molecule has 94 valence electrons. The molecule has 0 amide bonds. The number of nitrogens with one attached hydrogen (secondary N) is 1. The van der Waals surface area contributed by atoms with E-state index >= 15 is 0 Å². The quantitative estimate of drug-likeness (QED) is 0.825. The molecule has 1 aromatic carbocycles. The Hall–Kier alpha value is -0.890. The first kappa shape index (κ1) is 12.6. The fraction of sp³-hybridized carbons (Fsp3) is 0.600. The molecule has 0 spiro atoms. The fourth-order valence-electron chi connectivity index (χ4n) is 2.93. The highest BCUT2D eigenvalue weighted by Gasteiger charge is 2.27. The zero-order valence-electron chi connectivity index (χ0n) is 10.6. The molecule has 1 nitrogen and oxygen atoms in total. The summed E-state index contributed by atoms with van der Waals surface area (Å²) in [5.74, 6) is 1.35. The highest BCUT2D eigenvalue weighted by molar-refractivity contribution is 5.18. The first-order valence-electron chi connectivity index (χ1n) is 6.75. The molecule has 2 rings (SSSR count). The second-order valence-corrected chi connectivity index (χ2v) is 5.05. The predicted octanol–water partition coefficient (Wildman–Crippen LogP) is 3.39. The van der Waals surface area contributed by atoms with Crippen molar-refractivity contribution in [3.63, 3.8) is 0 Å². The van der Waals surface area contributed by atoms with Gasteiger partial charge in [-0.25, -0.2) is 4.39 Å². The van der Waals surface area contributed by atoms with Crippen molar-refractivity contribution >= 4 is 0 Å². The maximum atomic E-state index is 13.6. The Bertz CT molecular complexity index is 351. The van der Waals surface area contributed by atoms with Crippen molar-refractivity contribution in [2.45, 2.75) is 32.6 Å². The molecule has 1 N–H and O–H groups in total. The second kappa shape index (κ2) is 6.15. The number of benzene rings is 1. The standard InChI is InChI=1S/C15H22FN/c1-2-17-11-14-8-5-7-12(14)10-13-6-3-4-9-15(13)16/h3-4,6,9,12,14,17H,2,5,7-8,10-11H2,1H3. The molecule has 1 fully saturated rings. The molecule has 2 heteroatoms. The Morgan fingerprint density at radius 1 is 1.24 bits per heavy atom. The van der Waals surface area contributed by atoms with Crippen LogP contribution >= 0.6 is 0 Å². The third-order valence-corrected chi connectivity index (χ3v) is 3.91. The van der Waals surface area contributed by atoms with E-state index in [-0.39, 0.29) is 5.82 Å². The molecule has 0 aliphatic heterocycles. The summed E-state index contributed by atoms with van der Waals surface area (Å²) in [6.45, 7) is 4.26. The first-order chi connectivity index (χ1) is 8.31. The van der Waals surface area contributed by atoms with Gasteiger partial charge in [-0.1, -0.05) is 31.5 Å². The van der Waals surface area contributed by atoms with Crippen LogP contribution in [0.5, 0.6) is 0 Å². The maximum absolute atomic E-state index is 13.6. The highest BCUT2D eigenvalue weighted by Crippen LogP contribution is 2.34. The van der Waals surface area contributed by atoms with Gasteiger partial charge in [0, 0.05) is 0 Å². The van der Waals surface area contributed by atoms with Crippen LogP contribution in [0.2, 0.25) is 0 Å². The van der Waals surface area contributed by atoms with Crippen LogP contribution in [0, 0.1) is 17.7 Å². The normalized spacial score (nSPS) is 24.1. The lowest BCUT2D eigenvalue weighted by molar-refractivity contribution is 0.364. The van der Waals surface area contributed by atoms with E-state index in [1.165, 1.54) is 19.3 Å². The topological polar surface area (TPSA) is 12.0 Å². The highest BCUT2D eigenvalue weighted by atomic mass is 19.1. The molecule has 1 aromatic rings. The summed E-state index contributed by atoms with van der Waals surface area (Å²) in [6, 6.07) is 7.21. The third kappa shape index (κ3) is 3.29. The van der Waals surface area contributed by atoms with Gasteiger partial charge in [0.05, 0.1) is 0 Å². The van der Waals surface area contributed by atoms with Crippen LogP contribution in [-0.2, 0) is 6.42 Å². The summed E-state index contributed by atoms with van der Waals surface area (Å²) in [6.07, 6.45) is 4.76. The lowest BCUT2D eigenvalue weighted by Gasteiger charge is -2.20. The average Bonchev–Trinajstić information content (AvgIpc) is 2.77. The van der Waals surface area contributed by atoms with Gasteiger partial charge >= 0.3 is 0 Å². The van der Waals surface area contributed by atoms with Gasteiger partial charge in [0.2, 0.25) is 0 Å². The molecule has 1 aliphatic rings. The van der Waals surface area contributed by atoms with E-state index in [9.17, 15) is 4.39 Å². The molecule has 0 radical (unpaired) electrons. The minimum Gasteiger partial charge on any atom is -0.317 e. The van der Waals surface area contributed by atoms with Gasteiger partial charge in [0.1, 0.15) is 5.82 Å². The fourth-order valence-corrected chi connectivity index (χ4v) is 2.93. The molecule has 0 bridgehead atoms. The minimum absolute atomic E-state index is 0.0402. The van der Waals surface area contributed by atoms with Crippen molar-refractivity contribution in [3.8, 4) is 0 Å². The van der Waals surface area contributed by atoms with Crippen molar-refractivity contribution in [1.82, 2.24) is 5.32 Å². The summed E-state index contributed by atoms with van der Waals surface area (Å²) in [7, 11) is 0. The number of halogens is 1. The molecule has 17 heavy (non-hydrogen) atoms. The van der Waals surface area contributed by atoms with E-state index < -0.39 is 0 Å². The summed E-state index contributed by atoms with van der Waals surface area (Å²) < 4.78 is 13.6. The van der Waals surface area contributed by atoms with E-state index in [0.717, 1.165) is 31.0 Å². The predicted molar refractivity (Wildman–Crippen MR) is 69.5 cm³/mol. The zero-order valence-corrected chi connectivity index (χ0v) is 10.6. The van der Waals surface area contributed by atoms with Crippen LogP contribution in [0.15, 0.2) is 24.3 Å². The van der Waals surface area contributed by atoms with E-state index in [2.05, 4.69) is 12.2 Å². The first-order valence-corrected chi connectivity index (χ1v) is 6.75. The van der Waals surface area contributed by atoms with Gasteiger partial charge in [-0.2, -0.15) is 0 Å². The summed E-state index contributed by atoms with van der Waals surface area (Å²) in [4.78, 5) is 0. The molecule has 1 aliphatic carbocycles. The molecule has 0 saturated heterocycles. The maximum Gasteiger partial charge on any atom is 0.126 e. The van der Waals surface area contributed by atoms with Crippen molar-refractivity contribution in [2.24, 2.45) is 11.8 Å². The van der Waals surface area contributed by atoms with Gasteiger partial charge in [-0.05, 0) is 55.8 Å². The number of rotatable bonds is 5. The Morgan fingerprint density at radius 2 is 2.00 bits per heavy atom. The lowest BCUT2D eigenvalue weighted by Crippen LogP contribution is -2.26. The molecular formula is C15H22FN. The monoisotopic (exact) mass is 235 g/mol. The van der Waals surface area contributed by atoms with Crippen LogP contribution < -0.4 is 5.32 Å². The van der Waals surface area contributed by atoms with E-state index in [1.54, 1.807) is 12.1 Å². The second-order valence-electron chi connectivity index (χ2n) is 5.05. The molecule has 1 saturated carbocycles. The van der Waals surface area contributed by atoms with Gasteiger partial charge in [0.25, 0.3) is 0 Å². The van der Waals surface area contributed by atoms with Crippen molar-refractivity contribution in [1.29, 1.82) is 0 Å². The molecule has 0 aromatic heterocycles. The van der Waals surface area contributed by atoms with Crippen LogP contribution in [0.1, 0.15) is 31.7 Å². The van der Waals surface area contributed by atoms with Crippen LogP contribution in [-0.4, -0.2) is 13.1 Å². The summed E-state index contributed by atoms with van der Waals surface area (Å²) in [5.41, 5.74) is 0.890. The third-order valence-electron chi connectivity index (χ3n) is 3.91. The van der Waals surface area contributed by atoms with Crippen LogP contribution in [0.25, 0.3) is 0 Å². The summed E-state index contributed by atoms with van der Waals surface area (Å²) in [5, 5.41) is 3.43. The van der Waals surface area contributed by atoms with Gasteiger partial charge in [-0.3, -0.25) is 0 Å². The minimum atomic E-state index is -0.0402. The van der Waals surface area contributed by atoms with Gasteiger partial charge in [0.15, 0.2) is 0 Å². The van der Waals surface area contributed by atoms with E-state index in [4.69, 9.17) is 0 Å². The van der Waals surface area contributed by atoms with Gasteiger partial charge < -0.3 is 5.32 Å². The zero-order chi connectivity index (χ0) is 12.1. The smallest absolute Gasteiger partial charge is 0.126 e. The SMILES string of the molecule is CCNCC1CCCC1Cc1ccccc1F. The average molecular weight is 235 g/mol. The van der Waals surface area contributed by atoms with E-state index in [1.807, 2.05) is 12.1 Å². The van der Waals surface area contributed by atoms with E-state index in [0.29, 0.717) is 5.92 Å². The van der Waals surface area contributed by atoms with Crippen molar-refractivity contribution in [3.05, 3.63) is 35.6 Å².